The Labute approximate surface area is 107 Å². The number of aromatic nitrogens is 3. The molecule has 0 aromatic carbocycles. The average molecular weight is 245 g/mol. The lowest BCUT2D eigenvalue weighted by Crippen LogP contribution is -2.30. The quantitative estimate of drug-likeness (QED) is 0.852. The second-order valence-electron chi connectivity index (χ2n) is 4.47. The van der Waals surface area contributed by atoms with E-state index in [-0.39, 0.29) is 6.04 Å². The van der Waals surface area contributed by atoms with E-state index >= 15 is 0 Å². The summed E-state index contributed by atoms with van der Waals surface area (Å²) < 4.78 is 1.81. The van der Waals surface area contributed by atoms with E-state index in [4.69, 9.17) is 5.73 Å². The molecule has 18 heavy (non-hydrogen) atoms. The summed E-state index contributed by atoms with van der Waals surface area (Å²) in [6.45, 7) is 1.42. The van der Waals surface area contributed by atoms with E-state index in [1.54, 1.807) is 12.4 Å². The largest absolute Gasteiger partial charge is 0.329 e. The van der Waals surface area contributed by atoms with Gasteiger partial charge in [0.05, 0.1) is 6.20 Å². The number of likely N-dealkylation sites (N-methyl/N-ethyl adjacent to an activating group) is 1. The highest BCUT2D eigenvalue weighted by atomic mass is 15.2. The van der Waals surface area contributed by atoms with Gasteiger partial charge < -0.3 is 5.73 Å². The van der Waals surface area contributed by atoms with Crippen molar-refractivity contribution in [2.45, 2.75) is 12.6 Å². The van der Waals surface area contributed by atoms with E-state index in [0.29, 0.717) is 6.54 Å². The second-order valence-corrected chi connectivity index (χ2v) is 4.47. The first-order valence-corrected chi connectivity index (χ1v) is 5.98. The van der Waals surface area contributed by atoms with E-state index in [1.807, 2.05) is 36.3 Å². The van der Waals surface area contributed by atoms with Crippen LogP contribution in [0.15, 0.2) is 36.9 Å². The van der Waals surface area contributed by atoms with Crippen molar-refractivity contribution in [2.24, 2.45) is 12.8 Å². The molecule has 0 amide bonds. The van der Waals surface area contributed by atoms with Gasteiger partial charge in [-0.1, -0.05) is 0 Å². The Balaban J connectivity index is 2.08. The summed E-state index contributed by atoms with van der Waals surface area (Å²) >= 11 is 0. The normalized spacial score (nSPS) is 12.9. The van der Waals surface area contributed by atoms with Gasteiger partial charge in [0.25, 0.3) is 0 Å². The summed E-state index contributed by atoms with van der Waals surface area (Å²) in [4.78, 5) is 6.26. The topological polar surface area (TPSA) is 60.0 Å². The van der Waals surface area contributed by atoms with Crippen molar-refractivity contribution in [1.82, 2.24) is 19.7 Å². The zero-order valence-corrected chi connectivity index (χ0v) is 10.8. The Morgan fingerprint density at radius 3 is 2.67 bits per heavy atom. The number of hydrogen-bond acceptors (Lipinski definition) is 4. The molecule has 1 unspecified atom stereocenters. The van der Waals surface area contributed by atoms with Crippen LogP contribution >= 0.6 is 0 Å². The Hall–Kier alpha value is -1.72. The molecule has 0 radical (unpaired) electrons. The maximum absolute atomic E-state index is 5.88. The zero-order chi connectivity index (χ0) is 13.0. The van der Waals surface area contributed by atoms with E-state index in [2.05, 4.69) is 22.0 Å². The number of aryl methyl sites for hydroxylation is 1. The van der Waals surface area contributed by atoms with Crippen LogP contribution in [0.1, 0.15) is 17.2 Å². The Bertz CT molecular complexity index is 479. The van der Waals surface area contributed by atoms with Crippen molar-refractivity contribution in [1.29, 1.82) is 0 Å². The molecule has 2 rings (SSSR count). The van der Waals surface area contributed by atoms with Gasteiger partial charge in [-0.05, 0) is 24.7 Å². The number of nitrogens with zero attached hydrogens (tertiary/aromatic N) is 4. The third-order valence-corrected chi connectivity index (χ3v) is 3.04. The molecule has 0 spiro atoms. The molecule has 2 aromatic heterocycles. The predicted molar refractivity (Wildman–Crippen MR) is 70.7 cm³/mol. The lowest BCUT2D eigenvalue weighted by atomic mass is 10.1. The van der Waals surface area contributed by atoms with Gasteiger partial charge in [-0.25, -0.2) is 0 Å². The Morgan fingerprint density at radius 2 is 2.11 bits per heavy atom. The fourth-order valence-corrected chi connectivity index (χ4v) is 2.11. The van der Waals surface area contributed by atoms with Crippen LogP contribution in [0.3, 0.4) is 0 Å². The SMILES string of the molecule is CN(Cc1cnn(C)c1)C(CN)c1ccncc1. The average Bonchev–Trinajstić information content (AvgIpc) is 2.77. The molecule has 2 heterocycles. The molecule has 1 atom stereocenters. The molecule has 0 saturated carbocycles. The molecule has 2 N–H and O–H groups in total. The maximum Gasteiger partial charge on any atom is 0.0534 e. The lowest BCUT2D eigenvalue weighted by molar-refractivity contribution is 0.241. The number of rotatable bonds is 5. The summed E-state index contributed by atoms with van der Waals surface area (Å²) in [5, 5.41) is 4.18. The predicted octanol–water partition coefficient (Wildman–Crippen LogP) is 0.947. The molecule has 5 heteroatoms. The van der Waals surface area contributed by atoms with Crippen molar-refractivity contribution in [2.75, 3.05) is 13.6 Å². The number of nitrogens with two attached hydrogens (primary N) is 1. The number of hydrogen-bond donors (Lipinski definition) is 1. The molecular formula is C13H19N5. The third-order valence-electron chi connectivity index (χ3n) is 3.04. The lowest BCUT2D eigenvalue weighted by Gasteiger charge is -2.26. The standard InChI is InChI=1S/C13H19N5/c1-17(9-11-8-16-18(2)10-11)13(7-14)12-3-5-15-6-4-12/h3-6,8,10,13H,7,9,14H2,1-2H3. The van der Waals surface area contributed by atoms with Gasteiger partial charge in [-0.2, -0.15) is 5.10 Å². The smallest absolute Gasteiger partial charge is 0.0534 e. The summed E-state index contributed by atoms with van der Waals surface area (Å²) in [6, 6.07) is 4.22. The van der Waals surface area contributed by atoms with Crippen LogP contribution in [0.25, 0.3) is 0 Å². The molecular weight excluding hydrogens is 226 g/mol. The molecule has 0 saturated heterocycles. The molecule has 0 aliphatic carbocycles. The number of pyridine rings is 1. The van der Waals surface area contributed by atoms with E-state index in [1.165, 1.54) is 11.1 Å². The van der Waals surface area contributed by atoms with Crippen LogP contribution in [0.4, 0.5) is 0 Å². The Morgan fingerprint density at radius 1 is 1.39 bits per heavy atom. The van der Waals surface area contributed by atoms with Gasteiger partial charge in [0.15, 0.2) is 0 Å². The van der Waals surface area contributed by atoms with Gasteiger partial charge in [0.1, 0.15) is 0 Å². The highest BCUT2D eigenvalue weighted by molar-refractivity contribution is 5.16. The van der Waals surface area contributed by atoms with Crippen LogP contribution in [0, 0.1) is 0 Å². The van der Waals surface area contributed by atoms with Crippen molar-refractivity contribution in [3.63, 3.8) is 0 Å². The first-order chi connectivity index (χ1) is 8.70. The minimum Gasteiger partial charge on any atom is -0.329 e. The van der Waals surface area contributed by atoms with Crippen molar-refractivity contribution < 1.29 is 0 Å². The van der Waals surface area contributed by atoms with Crippen molar-refractivity contribution in [3.8, 4) is 0 Å². The van der Waals surface area contributed by atoms with Crippen LogP contribution in [-0.2, 0) is 13.6 Å². The Kier molecular flexibility index (Phi) is 4.07. The molecule has 96 valence electrons. The molecule has 5 nitrogen and oxygen atoms in total. The minimum absolute atomic E-state index is 0.202. The maximum atomic E-state index is 5.88. The summed E-state index contributed by atoms with van der Waals surface area (Å²) in [5.41, 5.74) is 8.26. The van der Waals surface area contributed by atoms with Crippen molar-refractivity contribution >= 4 is 0 Å². The van der Waals surface area contributed by atoms with Crippen LogP contribution in [-0.4, -0.2) is 33.3 Å². The summed E-state index contributed by atoms with van der Waals surface area (Å²) in [6.07, 6.45) is 7.51. The molecule has 0 bridgehead atoms. The van der Waals surface area contributed by atoms with Gasteiger partial charge in [0, 0.05) is 50.3 Å². The highest BCUT2D eigenvalue weighted by Gasteiger charge is 2.15. The van der Waals surface area contributed by atoms with Crippen LogP contribution in [0.2, 0.25) is 0 Å². The first kappa shape index (κ1) is 12.7. The van der Waals surface area contributed by atoms with Crippen LogP contribution < -0.4 is 5.73 Å². The van der Waals surface area contributed by atoms with E-state index in [9.17, 15) is 0 Å². The molecule has 2 aromatic rings. The fourth-order valence-electron chi connectivity index (χ4n) is 2.11. The monoisotopic (exact) mass is 245 g/mol. The van der Waals surface area contributed by atoms with E-state index in [0.717, 1.165) is 6.54 Å². The first-order valence-electron chi connectivity index (χ1n) is 5.98. The second kappa shape index (κ2) is 5.75. The van der Waals surface area contributed by atoms with Gasteiger partial charge in [-0.15, -0.1) is 0 Å². The minimum atomic E-state index is 0.202. The summed E-state index contributed by atoms with van der Waals surface area (Å²) in [7, 11) is 4.00. The highest BCUT2D eigenvalue weighted by Crippen LogP contribution is 2.19. The van der Waals surface area contributed by atoms with Crippen molar-refractivity contribution in [3.05, 3.63) is 48.0 Å². The molecule has 0 fully saturated rings. The molecule has 0 aliphatic heterocycles. The van der Waals surface area contributed by atoms with E-state index < -0.39 is 0 Å². The van der Waals surface area contributed by atoms with Gasteiger partial charge >= 0.3 is 0 Å². The van der Waals surface area contributed by atoms with Gasteiger partial charge in [0.2, 0.25) is 0 Å². The fraction of sp³-hybridized carbons (Fsp3) is 0.385. The zero-order valence-electron chi connectivity index (χ0n) is 10.8. The van der Waals surface area contributed by atoms with Gasteiger partial charge in [-0.3, -0.25) is 14.6 Å². The summed E-state index contributed by atoms with van der Waals surface area (Å²) in [5.74, 6) is 0. The molecule has 0 aliphatic rings. The van der Waals surface area contributed by atoms with Crippen LogP contribution in [0.5, 0.6) is 0 Å². The third kappa shape index (κ3) is 2.94.